The fraction of sp³-hybridized carbons (Fsp3) is 0.529. The number of benzene rings is 1. The summed E-state index contributed by atoms with van der Waals surface area (Å²) in [7, 11) is 0. The summed E-state index contributed by atoms with van der Waals surface area (Å²) in [6.45, 7) is 3.01. The Balaban J connectivity index is 1.66. The van der Waals surface area contributed by atoms with E-state index in [0.29, 0.717) is 30.7 Å². The summed E-state index contributed by atoms with van der Waals surface area (Å²) in [5.41, 5.74) is 1.18. The molecule has 2 atom stereocenters. The molecule has 0 bridgehead atoms. The normalized spacial score (nSPS) is 22.8. The van der Waals surface area contributed by atoms with E-state index in [1.54, 1.807) is 0 Å². The molecule has 0 spiro atoms. The molecule has 0 amide bonds. The van der Waals surface area contributed by atoms with Gasteiger partial charge in [-0.1, -0.05) is 41.9 Å². The Morgan fingerprint density at radius 3 is 2.86 bits per heavy atom. The van der Waals surface area contributed by atoms with Crippen LogP contribution in [0.4, 0.5) is 0 Å². The molecule has 1 aromatic carbocycles. The fourth-order valence-electron chi connectivity index (χ4n) is 3.18. The average molecular weight is 301 g/mol. The van der Waals surface area contributed by atoms with Crippen LogP contribution in [0.2, 0.25) is 0 Å². The van der Waals surface area contributed by atoms with Crippen molar-refractivity contribution in [3.63, 3.8) is 0 Å². The van der Waals surface area contributed by atoms with Crippen LogP contribution in [0.25, 0.3) is 0 Å². The third-order valence-corrected chi connectivity index (χ3v) is 4.44. The summed E-state index contributed by atoms with van der Waals surface area (Å²) >= 11 is 0. The van der Waals surface area contributed by atoms with Gasteiger partial charge in [0.05, 0.1) is 13.2 Å². The molecule has 0 aliphatic carbocycles. The van der Waals surface area contributed by atoms with Crippen molar-refractivity contribution in [1.29, 1.82) is 0 Å². The lowest BCUT2D eigenvalue weighted by Crippen LogP contribution is -2.46. The molecule has 3 rings (SSSR count). The largest absolute Gasteiger partial charge is 0.395 e. The van der Waals surface area contributed by atoms with E-state index in [-0.39, 0.29) is 12.6 Å². The number of likely N-dealkylation sites (tertiary alicyclic amines) is 1. The molecule has 5 heteroatoms. The molecule has 2 aromatic rings. The van der Waals surface area contributed by atoms with Crippen LogP contribution in [0.3, 0.4) is 0 Å². The van der Waals surface area contributed by atoms with Crippen molar-refractivity contribution in [2.24, 2.45) is 0 Å². The molecule has 118 valence electrons. The maximum Gasteiger partial charge on any atom is 0.240 e. The van der Waals surface area contributed by atoms with Gasteiger partial charge in [0.2, 0.25) is 5.89 Å². The molecular formula is C17H23N3O2. The summed E-state index contributed by atoms with van der Waals surface area (Å²) in [6, 6.07) is 10.8. The van der Waals surface area contributed by atoms with E-state index < -0.39 is 0 Å². The van der Waals surface area contributed by atoms with Crippen LogP contribution >= 0.6 is 0 Å². The number of nitrogens with zero attached hydrogens (tertiary/aromatic N) is 3. The van der Waals surface area contributed by atoms with E-state index in [4.69, 9.17) is 4.52 Å². The molecule has 1 aliphatic rings. The first-order valence-corrected chi connectivity index (χ1v) is 7.98. The number of hydrogen-bond acceptors (Lipinski definition) is 5. The Bertz CT molecular complexity index is 585. The monoisotopic (exact) mass is 301 g/mol. The smallest absolute Gasteiger partial charge is 0.240 e. The number of aliphatic hydroxyl groups excluding tert-OH is 1. The van der Waals surface area contributed by atoms with Gasteiger partial charge in [-0.15, -0.1) is 0 Å². The van der Waals surface area contributed by atoms with E-state index in [1.165, 1.54) is 12.0 Å². The Hall–Kier alpha value is -1.72. The quantitative estimate of drug-likeness (QED) is 0.919. The Kier molecular flexibility index (Phi) is 4.85. The third-order valence-electron chi connectivity index (χ3n) is 4.44. The van der Waals surface area contributed by atoms with Crippen LogP contribution in [-0.2, 0) is 13.0 Å². The van der Waals surface area contributed by atoms with Crippen molar-refractivity contribution < 1.29 is 9.63 Å². The summed E-state index contributed by atoms with van der Waals surface area (Å²) in [6.07, 6.45) is 4.04. The minimum atomic E-state index is 0.190. The zero-order valence-electron chi connectivity index (χ0n) is 13.0. The molecule has 0 radical (unpaired) electrons. The minimum absolute atomic E-state index is 0.190. The number of piperidine rings is 1. The second-order valence-corrected chi connectivity index (χ2v) is 6.06. The highest BCUT2D eigenvalue weighted by molar-refractivity contribution is 5.18. The van der Waals surface area contributed by atoms with E-state index in [0.717, 1.165) is 12.8 Å². The summed E-state index contributed by atoms with van der Waals surface area (Å²) < 4.78 is 5.40. The molecule has 0 saturated carbocycles. The van der Waals surface area contributed by atoms with E-state index in [1.807, 2.05) is 18.2 Å². The van der Waals surface area contributed by atoms with Crippen molar-refractivity contribution in [1.82, 2.24) is 15.0 Å². The highest BCUT2D eigenvalue weighted by Gasteiger charge is 2.28. The van der Waals surface area contributed by atoms with Crippen molar-refractivity contribution in [2.75, 3.05) is 6.61 Å². The van der Waals surface area contributed by atoms with Crippen LogP contribution in [-0.4, -0.2) is 38.8 Å². The van der Waals surface area contributed by atoms with Crippen LogP contribution in [0, 0.1) is 0 Å². The van der Waals surface area contributed by atoms with E-state index in [2.05, 4.69) is 34.1 Å². The van der Waals surface area contributed by atoms with Gasteiger partial charge in [-0.3, -0.25) is 4.90 Å². The first-order chi connectivity index (χ1) is 10.8. The van der Waals surface area contributed by atoms with Gasteiger partial charge in [-0.2, -0.15) is 4.98 Å². The standard InChI is InChI=1S/C17H23N3O2/c1-13-6-5-9-15(12-21)20(13)11-17-18-16(19-22-17)10-14-7-3-2-4-8-14/h2-4,7-8,13,15,21H,5-6,9-12H2,1H3. The molecule has 1 N–H and O–H groups in total. The van der Waals surface area contributed by atoms with Crippen LogP contribution in [0.5, 0.6) is 0 Å². The lowest BCUT2D eigenvalue weighted by molar-refractivity contribution is 0.0370. The molecule has 5 nitrogen and oxygen atoms in total. The van der Waals surface area contributed by atoms with E-state index in [9.17, 15) is 5.11 Å². The number of aromatic nitrogens is 2. The fourth-order valence-corrected chi connectivity index (χ4v) is 3.18. The Labute approximate surface area is 131 Å². The van der Waals surface area contributed by atoms with Gasteiger partial charge in [0.25, 0.3) is 0 Å². The maximum absolute atomic E-state index is 9.55. The Morgan fingerprint density at radius 1 is 1.27 bits per heavy atom. The van der Waals surface area contributed by atoms with Gasteiger partial charge >= 0.3 is 0 Å². The number of hydrogen-bond donors (Lipinski definition) is 1. The highest BCUT2D eigenvalue weighted by Crippen LogP contribution is 2.24. The molecule has 1 aliphatic heterocycles. The molecule has 2 unspecified atom stereocenters. The zero-order chi connectivity index (χ0) is 15.4. The SMILES string of the molecule is CC1CCCC(CO)N1Cc1nc(Cc2ccccc2)no1. The summed E-state index contributed by atoms with van der Waals surface area (Å²) in [5, 5.41) is 13.6. The number of rotatable bonds is 5. The van der Waals surface area contributed by atoms with Gasteiger partial charge in [-0.05, 0) is 25.3 Å². The van der Waals surface area contributed by atoms with Gasteiger partial charge in [-0.25, -0.2) is 0 Å². The van der Waals surface area contributed by atoms with Gasteiger partial charge in [0.15, 0.2) is 5.82 Å². The van der Waals surface area contributed by atoms with Crippen LogP contribution in [0.15, 0.2) is 34.9 Å². The highest BCUT2D eigenvalue weighted by atomic mass is 16.5. The second-order valence-electron chi connectivity index (χ2n) is 6.06. The number of aliphatic hydroxyl groups is 1. The Morgan fingerprint density at radius 2 is 2.09 bits per heavy atom. The summed E-state index contributed by atoms with van der Waals surface area (Å²) in [5.74, 6) is 1.35. The van der Waals surface area contributed by atoms with E-state index >= 15 is 0 Å². The second kappa shape index (κ2) is 7.03. The molecule has 1 aromatic heterocycles. The summed E-state index contributed by atoms with van der Waals surface area (Å²) in [4.78, 5) is 6.78. The third kappa shape index (κ3) is 3.54. The predicted octanol–water partition coefficient (Wildman–Crippen LogP) is 2.40. The molecule has 1 saturated heterocycles. The van der Waals surface area contributed by atoms with Gasteiger partial charge in [0, 0.05) is 18.5 Å². The maximum atomic E-state index is 9.55. The minimum Gasteiger partial charge on any atom is -0.395 e. The lowest BCUT2D eigenvalue weighted by atomic mass is 9.97. The molecular weight excluding hydrogens is 278 g/mol. The molecule has 22 heavy (non-hydrogen) atoms. The van der Waals surface area contributed by atoms with Crippen molar-refractivity contribution in [3.05, 3.63) is 47.6 Å². The average Bonchev–Trinajstić information content (AvgIpc) is 2.97. The van der Waals surface area contributed by atoms with Crippen molar-refractivity contribution in [3.8, 4) is 0 Å². The predicted molar refractivity (Wildman–Crippen MR) is 83.3 cm³/mol. The van der Waals surface area contributed by atoms with Gasteiger partial charge < -0.3 is 9.63 Å². The van der Waals surface area contributed by atoms with Crippen LogP contribution in [0.1, 0.15) is 43.5 Å². The first-order valence-electron chi connectivity index (χ1n) is 7.98. The van der Waals surface area contributed by atoms with Crippen molar-refractivity contribution >= 4 is 0 Å². The lowest BCUT2D eigenvalue weighted by Gasteiger charge is -2.38. The van der Waals surface area contributed by atoms with Crippen LogP contribution < -0.4 is 0 Å². The first kappa shape index (κ1) is 15.2. The molecule has 1 fully saturated rings. The van der Waals surface area contributed by atoms with Crippen molar-refractivity contribution in [2.45, 2.75) is 51.2 Å². The van der Waals surface area contributed by atoms with Gasteiger partial charge in [0.1, 0.15) is 0 Å². The molecule has 2 heterocycles. The zero-order valence-corrected chi connectivity index (χ0v) is 13.0. The topological polar surface area (TPSA) is 62.4 Å².